The maximum absolute atomic E-state index is 12.9. The molecular formula is C17H14BrFN2O2. The van der Waals surface area contributed by atoms with Crippen molar-refractivity contribution in [3.63, 3.8) is 0 Å². The van der Waals surface area contributed by atoms with Gasteiger partial charge in [0.25, 0.3) is 5.91 Å². The summed E-state index contributed by atoms with van der Waals surface area (Å²) in [6.45, 7) is 0.401. The molecule has 1 atom stereocenters. The number of imide groups is 1. The van der Waals surface area contributed by atoms with Crippen molar-refractivity contribution in [2.75, 3.05) is 4.90 Å². The number of nitrogens with zero attached hydrogens (tertiary/aromatic N) is 1. The molecule has 1 saturated heterocycles. The van der Waals surface area contributed by atoms with Crippen LogP contribution in [-0.4, -0.2) is 17.9 Å². The number of hydrogen-bond donors (Lipinski definition) is 1. The molecule has 2 aromatic carbocycles. The first-order valence-corrected chi connectivity index (χ1v) is 7.94. The summed E-state index contributed by atoms with van der Waals surface area (Å²) in [5, 5.41) is 3.06. The minimum Gasteiger partial charge on any atom is -0.301 e. The second kappa shape index (κ2) is 6.60. The second-order valence-electron chi connectivity index (χ2n) is 5.31. The van der Waals surface area contributed by atoms with Gasteiger partial charge in [-0.1, -0.05) is 28.1 Å². The lowest BCUT2D eigenvalue weighted by Gasteiger charge is -2.15. The van der Waals surface area contributed by atoms with Crippen LogP contribution in [0.15, 0.2) is 53.0 Å². The molecule has 1 heterocycles. The summed E-state index contributed by atoms with van der Waals surface area (Å²) < 4.78 is 13.8. The van der Waals surface area contributed by atoms with Gasteiger partial charge in [0.05, 0.1) is 18.2 Å². The number of halogens is 2. The third-order valence-electron chi connectivity index (χ3n) is 3.70. The van der Waals surface area contributed by atoms with Crippen LogP contribution < -0.4 is 10.2 Å². The molecule has 23 heavy (non-hydrogen) atoms. The Balaban J connectivity index is 1.68. The van der Waals surface area contributed by atoms with E-state index in [2.05, 4.69) is 21.2 Å². The van der Waals surface area contributed by atoms with Crippen molar-refractivity contribution in [1.29, 1.82) is 0 Å². The quantitative estimate of drug-likeness (QED) is 0.834. The smallest absolute Gasteiger partial charge is 0.251 e. The Bertz CT molecular complexity index is 731. The van der Waals surface area contributed by atoms with Gasteiger partial charge in [0.15, 0.2) is 0 Å². The normalized spacial score (nSPS) is 17.8. The fourth-order valence-electron chi connectivity index (χ4n) is 2.50. The molecule has 2 amide bonds. The fourth-order valence-corrected chi connectivity index (χ4v) is 2.76. The van der Waals surface area contributed by atoms with Gasteiger partial charge in [-0.05, 0) is 42.0 Å². The van der Waals surface area contributed by atoms with E-state index in [1.165, 1.54) is 17.0 Å². The molecule has 3 rings (SSSR count). The molecule has 1 aliphatic rings. The van der Waals surface area contributed by atoms with Crippen molar-refractivity contribution in [1.82, 2.24) is 5.32 Å². The zero-order valence-corrected chi connectivity index (χ0v) is 13.7. The molecule has 0 saturated carbocycles. The number of carbonyl (C=O) groups excluding carboxylic acids is 2. The van der Waals surface area contributed by atoms with E-state index >= 15 is 0 Å². The number of rotatable bonds is 4. The summed E-state index contributed by atoms with van der Waals surface area (Å²) in [6.07, 6.45) is 0.121. The minimum absolute atomic E-state index is 0.121. The average Bonchev–Trinajstić information content (AvgIpc) is 2.82. The van der Waals surface area contributed by atoms with E-state index in [-0.39, 0.29) is 24.1 Å². The number of benzene rings is 2. The zero-order valence-electron chi connectivity index (χ0n) is 12.1. The maximum atomic E-state index is 12.9. The third kappa shape index (κ3) is 3.48. The van der Waals surface area contributed by atoms with Crippen LogP contribution in [0.25, 0.3) is 0 Å². The Morgan fingerprint density at radius 1 is 1.09 bits per heavy atom. The van der Waals surface area contributed by atoms with Gasteiger partial charge >= 0.3 is 0 Å². The molecule has 6 heteroatoms. The van der Waals surface area contributed by atoms with E-state index in [0.29, 0.717) is 12.2 Å². The maximum Gasteiger partial charge on any atom is 0.251 e. The summed E-state index contributed by atoms with van der Waals surface area (Å²) >= 11 is 3.32. The number of carbonyl (C=O) groups is 2. The molecule has 0 aromatic heterocycles. The summed E-state index contributed by atoms with van der Waals surface area (Å²) in [4.78, 5) is 25.8. The topological polar surface area (TPSA) is 49.4 Å². The standard InChI is InChI=1S/C17H14BrFN2O2/c18-12-3-7-14(8-4-12)21-16(22)9-15(17(21)23)20-10-11-1-5-13(19)6-2-11/h1-8,15,20H,9-10H2/t15-/m1/s1. The number of nitrogens with one attached hydrogen (secondary N) is 1. The lowest BCUT2D eigenvalue weighted by Crippen LogP contribution is -2.38. The first-order valence-electron chi connectivity index (χ1n) is 7.15. The van der Waals surface area contributed by atoms with E-state index in [1.807, 2.05) is 0 Å². The summed E-state index contributed by atoms with van der Waals surface area (Å²) in [6, 6.07) is 12.5. The third-order valence-corrected chi connectivity index (χ3v) is 4.23. The molecule has 1 fully saturated rings. The number of amides is 2. The van der Waals surface area contributed by atoms with Crippen LogP contribution in [-0.2, 0) is 16.1 Å². The van der Waals surface area contributed by atoms with Crippen molar-refractivity contribution in [3.8, 4) is 0 Å². The highest BCUT2D eigenvalue weighted by atomic mass is 79.9. The van der Waals surface area contributed by atoms with E-state index < -0.39 is 6.04 Å². The molecule has 4 nitrogen and oxygen atoms in total. The highest BCUT2D eigenvalue weighted by Gasteiger charge is 2.39. The van der Waals surface area contributed by atoms with Crippen LogP contribution in [0.1, 0.15) is 12.0 Å². The largest absolute Gasteiger partial charge is 0.301 e. The Morgan fingerprint density at radius 2 is 1.74 bits per heavy atom. The Hall–Kier alpha value is -2.05. The second-order valence-corrected chi connectivity index (χ2v) is 6.22. The lowest BCUT2D eigenvalue weighted by molar-refractivity contribution is -0.121. The molecule has 0 spiro atoms. The average molecular weight is 377 g/mol. The Labute approximate surface area is 141 Å². The van der Waals surface area contributed by atoms with Gasteiger partial charge in [0.2, 0.25) is 5.91 Å². The van der Waals surface area contributed by atoms with E-state index in [0.717, 1.165) is 10.0 Å². The molecule has 1 N–H and O–H groups in total. The Morgan fingerprint density at radius 3 is 2.39 bits per heavy atom. The molecular weight excluding hydrogens is 363 g/mol. The van der Waals surface area contributed by atoms with Gasteiger partial charge in [-0.15, -0.1) is 0 Å². The predicted molar refractivity (Wildman–Crippen MR) is 88.3 cm³/mol. The van der Waals surface area contributed by atoms with E-state index in [1.54, 1.807) is 36.4 Å². The van der Waals surface area contributed by atoms with E-state index in [9.17, 15) is 14.0 Å². The van der Waals surface area contributed by atoms with E-state index in [4.69, 9.17) is 0 Å². The number of anilines is 1. The fraction of sp³-hybridized carbons (Fsp3) is 0.176. The van der Waals surface area contributed by atoms with Crippen LogP contribution in [0.5, 0.6) is 0 Å². The summed E-state index contributed by atoms with van der Waals surface area (Å²) in [5.74, 6) is -0.796. The van der Waals surface area contributed by atoms with Crippen molar-refractivity contribution >= 4 is 33.4 Å². The lowest BCUT2D eigenvalue weighted by atomic mass is 10.2. The van der Waals surface area contributed by atoms with Crippen molar-refractivity contribution < 1.29 is 14.0 Å². The first-order chi connectivity index (χ1) is 11.0. The van der Waals surface area contributed by atoms with Gasteiger partial charge < -0.3 is 5.32 Å². The molecule has 1 aliphatic heterocycles. The summed E-state index contributed by atoms with van der Waals surface area (Å²) in [5.41, 5.74) is 1.42. The molecule has 0 unspecified atom stereocenters. The first kappa shape index (κ1) is 15.8. The van der Waals surface area contributed by atoms with Crippen LogP contribution in [0.2, 0.25) is 0 Å². The minimum atomic E-state index is -0.559. The van der Waals surface area contributed by atoms with Gasteiger partial charge in [-0.3, -0.25) is 9.59 Å². The Kier molecular flexibility index (Phi) is 4.54. The van der Waals surface area contributed by atoms with Crippen molar-refractivity contribution in [2.24, 2.45) is 0 Å². The van der Waals surface area contributed by atoms with Crippen LogP contribution in [0, 0.1) is 5.82 Å². The van der Waals surface area contributed by atoms with Gasteiger partial charge in [0.1, 0.15) is 5.82 Å². The van der Waals surface area contributed by atoms with Crippen LogP contribution in [0.3, 0.4) is 0 Å². The molecule has 118 valence electrons. The van der Waals surface area contributed by atoms with Crippen LogP contribution in [0.4, 0.5) is 10.1 Å². The van der Waals surface area contributed by atoms with Crippen molar-refractivity contribution in [2.45, 2.75) is 19.0 Å². The van der Waals surface area contributed by atoms with Gasteiger partial charge in [-0.2, -0.15) is 0 Å². The summed E-state index contributed by atoms with van der Waals surface area (Å²) in [7, 11) is 0. The highest BCUT2D eigenvalue weighted by molar-refractivity contribution is 9.10. The highest BCUT2D eigenvalue weighted by Crippen LogP contribution is 2.24. The van der Waals surface area contributed by atoms with Gasteiger partial charge in [-0.25, -0.2) is 9.29 Å². The monoisotopic (exact) mass is 376 g/mol. The molecule has 0 radical (unpaired) electrons. The molecule has 2 aromatic rings. The van der Waals surface area contributed by atoms with Crippen molar-refractivity contribution in [3.05, 3.63) is 64.4 Å². The SMILES string of the molecule is O=C1C[C@@H](NCc2ccc(F)cc2)C(=O)N1c1ccc(Br)cc1. The predicted octanol–water partition coefficient (Wildman–Crippen LogP) is 3.01. The van der Waals surface area contributed by atoms with Crippen LogP contribution >= 0.6 is 15.9 Å². The zero-order chi connectivity index (χ0) is 16.4. The van der Waals surface area contributed by atoms with Gasteiger partial charge in [0, 0.05) is 11.0 Å². The number of hydrogen-bond acceptors (Lipinski definition) is 3. The molecule has 0 bridgehead atoms. The molecule has 0 aliphatic carbocycles.